The molecule has 2 N–H and O–H groups in total. The Hall–Kier alpha value is -1.15. The molecule has 8 heteroatoms. The van der Waals surface area contributed by atoms with Crippen LogP contribution in [0.15, 0.2) is 24.3 Å². The Kier molecular flexibility index (Phi) is 7.47. The molecule has 1 atom stereocenters. The second kappa shape index (κ2) is 8.63. The first-order valence-electron chi connectivity index (χ1n) is 7.51. The highest BCUT2D eigenvalue weighted by Gasteiger charge is 2.23. The molecule has 1 aliphatic heterocycles. The van der Waals surface area contributed by atoms with E-state index in [2.05, 4.69) is 10.0 Å². The Bertz CT molecular complexity index is 619. The summed E-state index contributed by atoms with van der Waals surface area (Å²) in [6.07, 6.45) is 0. The molecule has 6 nitrogen and oxygen atoms in total. The Morgan fingerprint density at radius 3 is 2.57 bits per heavy atom. The second-order valence-electron chi connectivity index (χ2n) is 5.47. The highest BCUT2D eigenvalue weighted by Crippen LogP contribution is 2.12. The standard InChI is InChI=1S/C15H23N3O3S.ClH/c1-3-22(20,21)17-11-13-4-6-14(7-5-13)15(19)18-9-8-16-10-12(18)2;/h4-7,12,16-17H,3,8-11H2,1-2H3;1H. The predicted molar refractivity (Wildman–Crippen MR) is 93.4 cm³/mol. The molecule has 0 radical (unpaired) electrons. The molecule has 1 fully saturated rings. The van der Waals surface area contributed by atoms with Gasteiger partial charge in [0.25, 0.3) is 5.91 Å². The maximum Gasteiger partial charge on any atom is 0.254 e. The average Bonchev–Trinajstić information content (AvgIpc) is 2.53. The number of piperazine rings is 1. The molecule has 1 saturated heterocycles. The summed E-state index contributed by atoms with van der Waals surface area (Å²) < 4.78 is 25.3. The Morgan fingerprint density at radius 2 is 2.00 bits per heavy atom. The van der Waals surface area contributed by atoms with Crippen molar-refractivity contribution in [2.24, 2.45) is 0 Å². The molecule has 1 aromatic carbocycles. The highest BCUT2D eigenvalue weighted by atomic mass is 35.5. The summed E-state index contributed by atoms with van der Waals surface area (Å²) in [6.45, 7) is 6.19. The lowest BCUT2D eigenvalue weighted by molar-refractivity contribution is 0.0655. The molecule has 2 rings (SSSR count). The largest absolute Gasteiger partial charge is 0.333 e. The van der Waals surface area contributed by atoms with E-state index in [1.165, 1.54) is 0 Å². The zero-order chi connectivity index (χ0) is 16.2. The molecular formula is C15H24ClN3O3S. The van der Waals surface area contributed by atoms with Crippen molar-refractivity contribution < 1.29 is 13.2 Å². The van der Waals surface area contributed by atoms with E-state index in [1.807, 2.05) is 11.8 Å². The van der Waals surface area contributed by atoms with Gasteiger partial charge in [-0.2, -0.15) is 0 Å². The van der Waals surface area contributed by atoms with Crippen molar-refractivity contribution >= 4 is 28.3 Å². The predicted octanol–water partition coefficient (Wildman–Crippen LogP) is 0.982. The SMILES string of the molecule is CCS(=O)(=O)NCc1ccc(C(=O)N2CCNCC2C)cc1.Cl. The van der Waals surface area contributed by atoms with Gasteiger partial charge in [-0.3, -0.25) is 4.79 Å². The van der Waals surface area contributed by atoms with E-state index >= 15 is 0 Å². The molecule has 1 unspecified atom stereocenters. The van der Waals surface area contributed by atoms with Gasteiger partial charge in [-0.25, -0.2) is 13.1 Å². The van der Waals surface area contributed by atoms with Gasteiger partial charge >= 0.3 is 0 Å². The molecule has 0 aliphatic carbocycles. The first kappa shape index (κ1) is 19.9. The first-order valence-corrected chi connectivity index (χ1v) is 9.16. The van der Waals surface area contributed by atoms with Crippen LogP contribution in [0, 0.1) is 0 Å². The number of sulfonamides is 1. The Labute approximate surface area is 144 Å². The number of halogens is 1. The Morgan fingerprint density at radius 1 is 1.35 bits per heavy atom. The second-order valence-corrected chi connectivity index (χ2v) is 7.57. The van der Waals surface area contributed by atoms with Gasteiger partial charge in [-0.15, -0.1) is 12.4 Å². The van der Waals surface area contributed by atoms with Gasteiger partial charge in [0.05, 0.1) is 5.75 Å². The molecule has 0 saturated carbocycles. The molecule has 1 aliphatic rings. The normalized spacial score (nSPS) is 18.3. The van der Waals surface area contributed by atoms with Crippen LogP contribution in [0.5, 0.6) is 0 Å². The van der Waals surface area contributed by atoms with Gasteiger partial charge in [0.1, 0.15) is 0 Å². The van der Waals surface area contributed by atoms with Gasteiger partial charge in [0.2, 0.25) is 10.0 Å². The average molecular weight is 362 g/mol. The number of nitrogens with zero attached hydrogens (tertiary/aromatic N) is 1. The van der Waals surface area contributed by atoms with Crippen molar-refractivity contribution in [3.05, 3.63) is 35.4 Å². The molecule has 1 amide bonds. The van der Waals surface area contributed by atoms with Crippen LogP contribution < -0.4 is 10.0 Å². The lowest BCUT2D eigenvalue weighted by atomic mass is 10.1. The quantitative estimate of drug-likeness (QED) is 0.819. The van der Waals surface area contributed by atoms with Crippen LogP contribution in [0.4, 0.5) is 0 Å². The van der Waals surface area contributed by atoms with Crippen molar-refractivity contribution in [1.82, 2.24) is 14.9 Å². The van der Waals surface area contributed by atoms with E-state index in [4.69, 9.17) is 0 Å². The fourth-order valence-corrected chi connectivity index (χ4v) is 2.96. The lowest BCUT2D eigenvalue weighted by Gasteiger charge is -2.34. The monoisotopic (exact) mass is 361 g/mol. The van der Waals surface area contributed by atoms with Crippen LogP contribution in [0.25, 0.3) is 0 Å². The fourth-order valence-electron chi connectivity index (χ4n) is 2.37. The van der Waals surface area contributed by atoms with Crippen LogP contribution in [0.2, 0.25) is 0 Å². The summed E-state index contributed by atoms with van der Waals surface area (Å²) >= 11 is 0. The molecular weight excluding hydrogens is 338 g/mol. The van der Waals surface area contributed by atoms with Crippen molar-refractivity contribution in [2.45, 2.75) is 26.4 Å². The van der Waals surface area contributed by atoms with Crippen LogP contribution in [0.3, 0.4) is 0 Å². The van der Waals surface area contributed by atoms with Gasteiger partial charge < -0.3 is 10.2 Å². The molecule has 0 aromatic heterocycles. The first-order chi connectivity index (χ1) is 10.4. The number of rotatable bonds is 5. The summed E-state index contributed by atoms with van der Waals surface area (Å²) in [4.78, 5) is 14.3. The van der Waals surface area contributed by atoms with E-state index in [1.54, 1.807) is 31.2 Å². The third-order valence-corrected chi connectivity index (χ3v) is 5.18. The number of amides is 1. The smallest absolute Gasteiger partial charge is 0.254 e. The molecule has 0 bridgehead atoms. The van der Waals surface area contributed by atoms with E-state index in [-0.39, 0.29) is 36.7 Å². The summed E-state index contributed by atoms with van der Waals surface area (Å²) in [5, 5.41) is 3.26. The lowest BCUT2D eigenvalue weighted by Crippen LogP contribution is -2.52. The topological polar surface area (TPSA) is 78.5 Å². The van der Waals surface area contributed by atoms with Crippen LogP contribution >= 0.6 is 12.4 Å². The third-order valence-electron chi connectivity index (χ3n) is 3.84. The number of benzene rings is 1. The molecule has 130 valence electrons. The highest BCUT2D eigenvalue weighted by molar-refractivity contribution is 7.89. The van der Waals surface area contributed by atoms with Crippen molar-refractivity contribution in [1.29, 1.82) is 0 Å². The number of carbonyl (C=O) groups excluding carboxylic acids is 1. The van der Waals surface area contributed by atoms with Gasteiger partial charge in [0, 0.05) is 37.8 Å². The maximum absolute atomic E-state index is 12.5. The zero-order valence-electron chi connectivity index (χ0n) is 13.4. The van der Waals surface area contributed by atoms with Crippen molar-refractivity contribution in [3.63, 3.8) is 0 Å². The van der Waals surface area contributed by atoms with E-state index < -0.39 is 10.0 Å². The third kappa shape index (κ3) is 5.46. The summed E-state index contributed by atoms with van der Waals surface area (Å²) in [5.41, 5.74) is 1.47. The van der Waals surface area contributed by atoms with E-state index in [9.17, 15) is 13.2 Å². The van der Waals surface area contributed by atoms with Crippen LogP contribution in [-0.4, -0.2) is 50.7 Å². The number of hydrogen-bond acceptors (Lipinski definition) is 4. The van der Waals surface area contributed by atoms with E-state index in [0.717, 1.165) is 18.7 Å². The summed E-state index contributed by atoms with van der Waals surface area (Å²) in [6, 6.07) is 7.27. The molecule has 1 heterocycles. The van der Waals surface area contributed by atoms with Gasteiger partial charge in [0.15, 0.2) is 0 Å². The minimum Gasteiger partial charge on any atom is -0.333 e. The molecule has 23 heavy (non-hydrogen) atoms. The van der Waals surface area contributed by atoms with E-state index in [0.29, 0.717) is 12.1 Å². The maximum atomic E-state index is 12.5. The van der Waals surface area contributed by atoms with Crippen LogP contribution in [-0.2, 0) is 16.6 Å². The number of nitrogens with one attached hydrogen (secondary N) is 2. The number of hydrogen-bond donors (Lipinski definition) is 2. The summed E-state index contributed by atoms with van der Waals surface area (Å²) in [5.74, 6) is 0.0828. The van der Waals surface area contributed by atoms with Gasteiger partial charge in [-0.05, 0) is 31.5 Å². The van der Waals surface area contributed by atoms with Crippen molar-refractivity contribution in [3.8, 4) is 0 Å². The number of carbonyl (C=O) groups is 1. The Balaban J connectivity index is 0.00000264. The van der Waals surface area contributed by atoms with Gasteiger partial charge in [-0.1, -0.05) is 12.1 Å². The minimum absolute atomic E-state index is 0. The minimum atomic E-state index is -3.20. The van der Waals surface area contributed by atoms with Crippen LogP contribution in [0.1, 0.15) is 29.8 Å². The molecule has 1 aromatic rings. The summed E-state index contributed by atoms with van der Waals surface area (Å²) in [7, 11) is -3.20. The fraction of sp³-hybridized carbons (Fsp3) is 0.533. The molecule has 0 spiro atoms. The zero-order valence-corrected chi connectivity index (χ0v) is 15.0. The van der Waals surface area contributed by atoms with Crippen molar-refractivity contribution in [2.75, 3.05) is 25.4 Å².